The molecule has 2 N–H and O–H groups in total. The number of aromatic nitrogens is 2. The highest BCUT2D eigenvalue weighted by Gasteiger charge is 2.19. The minimum atomic E-state index is -0.720. The number of nitrogens with one attached hydrogen (secondary N) is 2. The third-order valence-electron chi connectivity index (χ3n) is 4.05. The zero-order chi connectivity index (χ0) is 22.6. The van der Waals surface area contributed by atoms with Crippen molar-refractivity contribution in [3.8, 4) is 0 Å². The van der Waals surface area contributed by atoms with Gasteiger partial charge in [0.1, 0.15) is 11.4 Å². The maximum atomic E-state index is 13.8. The summed E-state index contributed by atoms with van der Waals surface area (Å²) < 4.78 is 20.5. The molecule has 2 aromatic carbocycles. The zero-order valence-corrected chi connectivity index (χ0v) is 18.0. The summed E-state index contributed by atoms with van der Waals surface area (Å²) in [6, 6.07) is 11.0. The van der Waals surface area contributed by atoms with Crippen LogP contribution in [0.3, 0.4) is 0 Å². The van der Waals surface area contributed by atoms with Crippen LogP contribution in [0.2, 0.25) is 5.02 Å². The molecule has 0 saturated carbocycles. The van der Waals surface area contributed by atoms with Gasteiger partial charge in [0.15, 0.2) is 0 Å². The Bertz CT molecular complexity index is 1110. The van der Waals surface area contributed by atoms with E-state index in [9.17, 15) is 14.0 Å². The molecule has 0 saturated heterocycles. The molecular formula is C22H22ClFN4O3. The van der Waals surface area contributed by atoms with Gasteiger partial charge in [0.05, 0.1) is 29.7 Å². The Morgan fingerprint density at radius 3 is 2.58 bits per heavy atom. The molecule has 2 amide bonds. The van der Waals surface area contributed by atoms with Gasteiger partial charge in [-0.25, -0.2) is 9.18 Å². The fourth-order valence-corrected chi connectivity index (χ4v) is 2.90. The van der Waals surface area contributed by atoms with E-state index in [0.29, 0.717) is 11.6 Å². The lowest BCUT2D eigenvalue weighted by Gasteiger charge is -2.20. The average molecular weight is 445 g/mol. The number of benzene rings is 2. The normalized spacial score (nSPS) is 11.1. The number of nitrogens with zero attached hydrogens (tertiary/aromatic N) is 2. The molecule has 0 fully saturated rings. The number of anilines is 2. The van der Waals surface area contributed by atoms with Gasteiger partial charge >= 0.3 is 6.09 Å². The minimum absolute atomic E-state index is 0.0923. The summed E-state index contributed by atoms with van der Waals surface area (Å²) in [7, 11) is 0. The molecule has 1 aromatic heterocycles. The number of carbonyl (C=O) groups excluding carboxylic acids is 2. The zero-order valence-electron chi connectivity index (χ0n) is 17.3. The van der Waals surface area contributed by atoms with Crippen LogP contribution < -0.4 is 10.6 Å². The van der Waals surface area contributed by atoms with E-state index in [1.165, 1.54) is 18.3 Å². The quantitative estimate of drug-likeness (QED) is 0.557. The summed E-state index contributed by atoms with van der Waals surface area (Å²) >= 11 is 6.16. The molecule has 162 valence electrons. The van der Waals surface area contributed by atoms with Gasteiger partial charge in [0.2, 0.25) is 0 Å². The smallest absolute Gasteiger partial charge is 0.412 e. The number of ether oxygens (including phenoxy) is 1. The highest BCUT2D eigenvalue weighted by atomic mass is 35.5. The number of hydrogen-bond acceptors (Lipinski definition) is 4. The van der Waals surface area contributed by atoms with Gasteiger partial charge in [-0.15, -0.1) is 0 Å². The summed E-state index contributed by atoms with van der Waals surface area (Å²) in [5.74, 6) is -1.08. The molecule has 0 aliphatic heterocycles. The Morgan fingerprint density at radius 2 is 1.87 bits per heavy atom. The molecule has 0 radical (unpaired) electrons. The van der Waals surface area contributed by atoms with Gasteiger partial charge in [0, 0.05) is 11.2 Å². The SMILES string of the molecule is CC(C)(C)OC(=O)Nc1ccc(F)cc1NC(=O)c1cnn(Cc2ccccc2Cl)c1. The lowest BCUT2D eigenvalue weighted by atomic mass is 10.2. The van der Waals surface area contributed by atoms with E-state index in [-0.39, 0.29) is 16.9 Å². The second-order valence-corrected chi connectivity index (χ2v) is 8.20. The molecule has 0 spiro atoms. The van der Waals surface area contributed by atoms with E-state index in [1.54, 1.807) is 37.7 Å². The third-order valence-corrected chi connectivity index (χ3v) is 4.42. The molecule has 9 heteroatoms. The van der Waals surface area contributed by atoms with Gasteiger partial charge in [0.25, 0.3) is 5.91 Å². The Kier molecular flexibility index (Phi) is 6.60. The molecule has 7 nitrogen and oxygen atoms in total. The van der Waals surface area contributed by atoms with Crippen molar-refractivity contribution < 1.29 is 18.7 Å². The molecule has 31 heavy (non-hydrogen) atoms. The summed E-state index contributed by atoms with van der Waals surface area (Å²) in [5, 5.41) is 9.89. The van der Waals surface area contributed by atoms with Crippen LogP contribution >= 0.6 is 11.6 Å². The molecule has 3 aromatic rings. The molecular weight excluding hydrogens is 423 g/mol. The van der Waals surface area contributed by atoms with E-state index in [4.69, 9.17) is 16.3 Å². The monoisotopic (exact) mass is 444 g/mol. The molecule has 0 bridgehead atoms. The first kappa shape index (κ1) is 22.3. The lowest BCUT2D eigenvalue weighted by Crippen LogP contribution is -2.27. The van der Waals surface area contributed by atoms with E-state index >= 15 is 0 Å². The number of amides is 2. The topological polar surface area (TPSA) is 85.2 Å². The first-order chi connectivity index (χ1) is 14.6. The van der Waals surface area contributed by atoms with Crippen molar-refractivity contribution in [1.82, 2.24) is 9.78 Å². The van der Waals surface area contributed by atoms with Crippen LogP contribution in [0.4, 0.5) is 20.6 Å². The maximum absolute atomic E-state index is 13.8. The maximum Gasteiger partial charge on any atom is 0.412 e. The lowest BCUT2D eigenvalue weighted by molar-refractivity contribution is 0.0635. The van der Waals surface area contributed by atoms with Crippen LogP contribution in [0.1, 0.15) is 36.7 Å². The second-order valence-electron chi connectivity index (χ2n) is 7.79. The first-order valence-electron chi connectivity index (χ1n) is 9.47. The van der Waals surface area contributed by atoms with Crippen LogP contribution in [0, 0.1) is 5.82 Å². The van der Waals surface area contributed by atoms with Crippen molar-refractivity contribution in [1.29, 1.82) is 0 Å². The number of hydrogen-bond donors (Lipinski definition) is 2. The van der Waals surface area contributed by atoms with Gasteiger partial charge in [-0.05, 0) is 50.6 Å². The Morgan fingerprint density at radius 1 is 1.13 bits per heavy atom. The molecule has 1 heterocycles. The summed E-state index contributed by atoms with van der Waals surface area (Å²) in [6.45, 7) is 5.55. The predicted octanol–water partition coefficient (Wildman–Crippen LogP) is 5.32. The fraction of sp³-hybridized carbons (Fsp3) is 0.227. The number of halogens is 2. The van der Waals surface area contributed by atoms with Crippen molar-refractivity contribution in [3.63, 3.8) is 0 Å². The molecule has 0 unspecified atom stereocenters. The Hall–Kier alpha value is -3.39. The van der Waals surface area contributed by atoms with Crippen molar-refractivity contribution >= 4 is 35.0 Å². The van der Waals surface area contributed by atoms with Crippen LogP contribution in [0.5, 0.6) is 0 Å². The van der Waals surface area contributed by atoms with E-state index in [1.807, 2.05) is 18.2 Å². The summed E-state index contributed by atoms with van der Waals surface area (Å²) in [4.78, 5) is 24.7. The van der Waals surface area contributed by atoms with Gasteiger partial charge < -0.3 is 10.1 Å². The second kappa shape index (κ2) is 9.18. The summed E-state index contributed by atoms with van der Waals surface area (Å²) in [6.07, 6.45) is 2.23. The average Bonchev–Trinajstić information content (AvgIpc) is 3.13. The first-order valence-corrected chi connectivity index (χ1v) is 9.85. The summed E-state index contributed by atoms with van der Waals surface area (Å²) in [5.41, 5.74) is 0.707. The van der Waals surface area contributed by atoms with Crippen LogP contribution in [-0.4, -0.2) is 27.4 Å². The fourth-order valence-electron chi connectivity index (χ4n) is 2.71. The van der Waals surface area contributed by atoms with Crippen LogP contribution in [0.15, 0.2) is 54.9 Å². The molecule has 3 rings (SSSR count). The van der Waals surface area contributed by atoms with Crippen LogP contribution in [-0.2, 0) is 11.3 Å². The largest absolute Gasteiger partial charge is 0.444 e. The van der Waals surface area contributed by atoms with Crippen LogP contribution in [0.25, 0.3) is 0 Å². The molecule has 0 aliphatic carbocycles. The van der Waals surface area contributed by atoms with E-state index < -0.39 is 23.4 Å². The van der Waals surface area contributed by atoms with Crippen molar-refractivity contribution in [2.45, 2.75) is 32.9 Å². The van der Waals surface area contributed by atoms with Crippen molar-refractivity contribution in [2.24, 2.45) is 0 Å². The van der Waals surface area contributed by atoms with Crippen molar-refractivity contribution in [2.75, 3.05) is 10.6 Å². The van der Waals surface area contributed by atoms with Gasteiger partial charge in [-0.2, -0.15) is 5.10 Å². The standard InChI is InChI=1S/C22H22ClFN4O3/c1-22(2,3)31-21(30)27-18-9-8-16(24)10-19(18)26-20(29)15-11-25-28(13-15)12-14-6-4-5-7-17(14)23/h4-11,13H,12H2,1-3H3,(H,26,29)(H,27,30). The highest BCUT2D eigenvalue weighted by molar-refractivity contribution is 6.31. The highest BCUT2D eigenvalue weighted by Crippen LogP contribution is 2.24. The third kappa shape index (κ3) is 6.29. The van der Waals surface area contributed by atoms with Crippen molar-refractivity contribution in [3.05, 3.63) is 76.8 Å². The van der Waals surface area contributed by atoms with Gasteiger partial charge in [-0.1, -0.05) is 29.8 Å². The van der Waals surface area contributed by atoms with Gasteiger partial charge in [-0.3, -0.25) is 14.8 Å². The molecule has 0 atom stereocenters. The number of rotatable bonds is 5. The Balaban J connectivity index is 1.73. The Labute approximate surface area is 184 Å². The molecule has 0 aliphatic rings. The predicted molar refractivity (Wildman–Crippen MR) is 117 cm³/mol. The minimum Gasteiger partial charge on any atom is -0.444 e. The van der Waals surface area contributed by atoms with E-state index in [0.717, 1.165) is 11.6 Å². The number of carbonyl (C=O) groups is 2. The van der Waals surface area contributed by atoms with E-state index in [2.05, 4.69) is 15.7 Å².